The number of hydrogen-bond acceptors (Lipinski definition) is 8. The normalized spacial score (nSPS) is 10.5. The standard InChI is InChI=1S/C12H13N5O3/c1-19-11-14-10(15-12(16-11)20-2)17-13-7-8-5-3-4-6-9(8)18/h3-7,18H,1-2H3,(H,14,15,16,17)/b13-7+. The van der Waals surface area contributed by atoms with Gasteiger partial charge in [0.1, 0.15) is 5.75 Å². The topological polar surface area (TPSA) is 102 Å². The van der Waals surface area contributed by atoms with Gasteiger partial charge in [-0.2, -0.15) is 15.1 Å². The number of methoxy groups -OCH3 is 2. The molecule has 2 aromatic rings. The van der Waals surface area contributed by atoms with Crippen LogP contribution in [0.1, 0.15) is 5.56 Å². The van der Waals surface area contributed by atoms with Crippen molar-refractivity contribution in [1.82, 2.24) is 15.0 Å². The van der Waals surface area contributed by atoms with E-state index in [1.807, 2.05) is 0 Å². The molecule has 0 bridgehead atoms. The van der Waals surface area contributed by atoms with Crippen LogP contribution in [0, 0.1) is 0 Å². The van der Waals surface area contributed by atoms with Crippen molar-refractivity contribution in [2.45, 2.75) is 0 Å². The van der Waals surface area contributed by atoms with Crippen LogP contribution in [0.25, 0.3) is 0 Å². The molecule has 2 N–H and O–H groups in total. The van der Waals surface area contributed by atoms with Crippen molar-refractivity contribution in [2.75, 3.05) is 19.6 Å². The second kappa shape index (κ2) is 6.32. The average Bonchev–Trinajstić information content (AvgIpc) is 2.48. The number of ether oxygens (including phenoxy) is 2. The summed E-state index contributed by atoms with van der Waals surface area (Å²) >= 11 is 0. The fraction of sp³-hybridized carbons (Fsp3) is 0.167. The van der Waals surface area contributed by atoms with E-state index in [9.17, 15) is 5.11 Å². The molecule has 1 aromatic heterocycles. The zero-order valence-corrected chi connectivity index (χ0v) is 10.9. The number of anilines is 1. The molecule has 8 heteroatoms. The first kappa shape index (κ1) is 13.5. The highest BCUT2D eigenvalue weighted by atomic mass is 16.5. The third-order valence-electron chi connectivity index (χ3n) is 2.26. The Balaban J connectivity index is 2.12. The summed E-state index contributed by atoms with van der Waals surface area (Å²) < 4.78 is 9.81. The van der Waals surface area contributed by atoms with Crippen molar-refractivity contribution in [2.24, 2.45) is 5.10 Å². The van der Waals surface area contributed by atoms with Gasteiger partial charge in [0.25, 0.3) is 5.95 Å². The van der Waals surface area contributed by atoms with Gasteiger partial charge in [-0.3, -0.25) is 0 Å². The lowest BCUT2D eigenvalue weighted by molar-refractivity contribution is 0.341. The van der Waals surface area contributed by atoms with Crippen molar-refractivity contribution in [3.8, 4) is 17.8 Å². The van der Waals surface area contributed by atoms with Crippen LogP contribution in [0.2, 0.25) is 0 Å². The molecular weight excluding hydrogens is 262 g/mol. The highest BCUT2D eigenvalue weighted by Gasteiger charge is 2.05. The Labute approximate surface area is 115 Å². The van der Waals surface area contributed by atoms with Gasteiger partial charge in [0.05, 0.1) is 20.4 Å². The van der Waals surface area contributed by atoms with Gasteiger partial charge < -0.3 is 14.6 Å². The third-order valence-corrected chi connectivity index (χ3v) is 2.26. The van der Waals surface area contributed by atoms with Crippen LogP contribution in [0.15, 0.2) is 29.4 Å². The second-order valence-corrected chi connectivity index (χ2v) is 3.56. The number of para-hydroxylation sites is 1. The number of benzene rings is 1. The van der Waals surface area contributed by atoms with Gasteiger partial charge >= 0.3 is 12.0 Å². The largest absolute Gasteiger partial charge is 0.507 e. The van der Waals surface area contributed by atoms with E-state index in [0.717, 1.165) is 0 Å². The molecule has 0 aliphatic carbocycles. The summed E-state index contributed by atoms with van der Waals surface area (Å²) in [6.45, 7) is 0. The van der Waals surface area contributed by atoms with Crippen LogP contribution in [0.5, 0.6) is 17.8 Å². The molecule has 1 heterocycles. The van der Waals surface area contributed by atoms with Gasteiger partial charge in [0, 0.05) is 5.56 Å². The van der Waals surface area contributed by atoms with E-state index in [1.54, 1.807) is 24.3 Å². The van der Waals surface area contributed by atoms with Crippen molar-refractivity contribution >= 4 is 12.2 Å². The van der Waals surface area contributed by atoms with Crippen LogP contribution in [-0.4, -0.2) is 40.5 Å². The molecule has 0 spiro atoms. The SMILES string of the molecule is COc1nc(N/N=C/c2ccccc2O)nc(OC)n1. The summed E-state index contributed by atoms with van der Waals surface area (Å²) in [6, 6.07) is 7.01. The first-order chi connectivity index (χ1) is 9.72. The summed E-state index contributed by atoms with van der Waals surface area (Å²) in [5.41, 5.74) is 3.17. The lowest BCUT2D eigenvalue weighted by atomic mass is 10.2. The maximum absolute atomic E-state index is 9.57. The fourth-order valence-corrected chi connectivity index (χ4v) is 1.33. The summed E-state index contributed by atoms with van der Waals surface area (Å²) in [4.78, 5) is 11.7. The van der Waals surface area contributed by atoms with E-state index < -0.39 is 0 Å². The zero-order valence-electron chi connectivity index (χ0n) is 10.9. The van der Waals surface area contributed by atoms with E-state index >= 15 is 0 Å². The Morgan fingerprint density at radius 3 is 2.35 bits per heavy atom. The van der Waals surface area contributed by atoms with Gasteiger partial charge in [-0.1, -0.05) is 12.1 Å². The number of nitrogens with zero attached hydrogens (tertiary/aromatic N) is 4. The first-order valence-corrected chi connectivity index (χ1v) is 5.64. The molecule has 0 aliphatic heterocycles. The number of nitrogens with one attached hydrogen (secondary N) is 1. The summed E-state index contributed by atoms with van der Waals surface area (Å²) in [5.74, 6) is 0.296. The Hall–Kier alpha value is -2.90. The van der Waals surface area contributed by atoms with Gasteiger partial charge in [-0.05, 0) is 12.1 Å². The van der Waals surface area contributed by atoms with Crippen molar-refractivity contribution in [1.29, 1.82) is 0 Å². The molecule has 0 aliphatic rings. The Morgan fingerprint density at radius 2 is 1.75 bits per heavy atom. The van der Waals surface area contributed by atoms with E-state index in [2.05, 4.69) is 25.5 Å². The third kappa shape index (κ3) is 3.31. The number of hydrogen-bond donors (Lipinski definition) is 2. The van der Waals surface area contributed by atoms with E-state index in [4.69, 9.17) is 9.47 Å². The molecule has 8 nitrogen and oxygen atoms in total. The van der Waals surface area contributed by atoms with Gasteiger partial charge in [-0.15, -0.1) is 4.98 Å². The molecule has 0 fully saturated rings. The zero-order chi connectivity index (χ0) is 14.4. The molecule has 104 valence electrons. The van der Waals surface area contributed by atoms with Gasteiger partial charge in [-0.25, -0.2) is 5.43 Å². The fourth-order valence-electron chi connectivity index (χ4n) is 1.33. The molecule has 0 saturated carbocycles. The van der Waals surface area contributed by atoms with Crippen LogP contribution in [0.4, 0.5) is 5.95 Å². The maximum Gasteiger partial charge on any atom is 0.324 e. The van der Waals surface area contributed by atoms with E-state index in [0.29, 0.717) is 5.56 Å². The summed E-state index contributed by atoms with van der Waals surface area (Å²) in [6.07, 6.45) is 1.44. The first-order valence-electron chi connectivity index (χ1n) is 5.64. The minimum absolute atomic E-state index is 0.108. The second-order valence-electron chi connectivity index (χ2n) is 3.56. The Kier molecular flexibility index (Phi) is 4.28. The van der Waals surface area contributed by atoms with Crippen molar-refractivity contribution in [3.05, 3.63) is 29.8 Å². The number of rotatable bonds is 5. The maximum atomic E-state index is 9.57. The average molecular weight is 275 g/mol. The van der Waals surface area contributed by atoms with Crippen molar-refractivity contribution in [3.63, 3.8) is 0 Å². The Morgan fingerprint density at radius 1 is 1.10 bits per heavy atom. The van der Waals surface area contributed by atoms with Crippen LogP contribution >= 0.6 is 0 Å². The minimum atomic E-state index is 0.108. The minimum Gasteiger partial charge on any atom is -0.507 e. The molecule has 0 radical (unpaired) electrons. The lowest BCUT2D eigenvalue weighted by Crippen LogP contribution is -2.03. The van der Waals surface area contributed by atoms with Gasteiger partial charge in [0.15, 0.2) is 0 Å². The number of aromatic nitrogens is 3. The quantitative estimate of drug-likeness (QED) is 0.621. The van der Waals surface area contributed by atoms with E-state index in [-0.39, 0.29) is 23.7 Å². The number of aromatic hydroxyl groups is 1. The molecule has 20 heavy (non-hydrogen) atoms. The highest BCUT2D eigenvalue weighted by molar-refractivity contribution is 5.83. The smallest absolute Gasteiger partial charge is 0.324 e. The van der Waals surface area contributed by atoms with Crippen LogP contribution in [0.3, 0.4) is 0 Å². The molecule has 0 unspecified atom stereocenters. The Bertz CT molecular complexity index is 596. The number of phenols is 1. The van der Waals surface area contributed by atoms with Crippen LogP contribution in [-0.2, 0) is 0 Å². The molecule has 0 amide bonds. The summed E-state index contributed by atoms with van der Waals surface area (Å²) in [7, 11) is 2.87. The van der Waals surface area contributed by atoms with Gasteiger partial charge in [0.2, 0.25) is 0 Å². The van der Waals surface area contributed by atoms with E-state index in [1.165, 1.54) is 20.4 Å². The predicted octanol–water partition coefficient (Wildman–Crippen LogP) is 1.04. The predicted molar refractivity (Wildman–Crippen MR) is 72.3 cm³/mol. The van der Waals surface area contributed by atoms with Crippen LogP contribution < -0.4 is 14.9 Å². The number of hydrazone groups is 1. The molecule has 2 rings (SSSR count). The van der Waals surface area contributed by atoms with Crippen molar-refractivity contribution < 1.29 is 14.6 Å². The monoisotopic (exact) mass is 275 g/mol. The lowest BCUT2D eigenvalue weighted by Gasteiger charge is -2.04. The molecule has 1 aromatic carbocycles. The highest BCUT2D eigenvalue weighted by Crippen LogP contribution is 2.14. The molecular formula is C12H13N5O3. The molecule has 0 atom stereocenters. The number of phenolic OH excluding ortho intramolecular Hbond substituents is 1. The molecule has 0 saturated heterocycles. The summed E-state index contributed by atoms with van der Waals surface area (Å²) in [5, 5.41) is 13.5.